The molecule has 2 rings (SSSR count). The van der Waals surface area contributed by atoms with Gasteiger partial charge in [-0.15, -0.1) is 0 Å². The van der Waals surface area contributed by atoms with Crippen molar-refractivity contribution in [3.05, 3.63) is 12.7 Å². The zero-order valence-electron chi connectivity index (χ0n) is 8.78. The van der Waals surface area contributed by atoms with Gasteiger partial charge in [0.1, 0.15) is 0 Å². The van der Waals surface area contributed by atoms with Crippen molar-refractivity contribution in [1.82, 2.24) is 9.80 Å². The summed E-state index contributed by atoms with van der Waals surface area (Å²) in [6, 6.07) is 1.27. The zero-order valence-corrected chi connectivity index (χ0v) is 8.78. The summed E-state index contributed by atoms with van der Waals surface area (Å²) >= 11 is 0. The number of fused-ring (bicyclic) bond motifs is 2. The number of likely N-dealkylation sites (tertiary alicyclic amines) is 1. The molecule has 2 aliphatic rings. The third kappa shape index (κ3) is 1.57. The highest BCUT2D eigenvalue weighted by atomic mass is 16.2. The molecule has 2 fully saturated rings. The van der Waals surface area contributed by atoms with Gasteiger partial charge in [-0.25, -0.2) is 0 Å². The second kappa shape index (κ2) is 3.73. The van der Waals surface area contributed by atoms with Crippen molar-refractivity contribution in [2.24, 2.45) is 0 Å². The van der Waals surface area contributed by atoms with Crippen molar-refractivity contribution >= 4 is 5.91 Å². The van der Waals surface area contributed by atoms with Crippen molar-refractivity contribution in [2.45, 2.75) is 31.3 Å². The molecule has 2 aliphatic heterocycles. The molecule has 0 saturated carbocycles. The van der Waals surface area contributed by atoms with E-state index >= 15 is 0 Å². The monoisotopic (exact) mass is 194 g/mol. The summed E-state index contributed by atoms with van der Waals surface area (Å²) in [7, 11) is 2.18. The average Bonchev–Trinajstić information content (AvgIpc) is 2.40. The number of hydrogen-bond acceptors (Lipinski definition) is 2. The third-order valence-corrected chi connectivity index (χ3v) is 3.63. The quantitative estimate of drug-likeness (QED) is 0.578. The largest absolute Gasteiger partial charge is 0.338 e. The van der Waals surface area contributed by atoms with Crippen LogP contribution in [-0.2, 0) is 4.79 Å². The number of carbonyl (C=O) groups excluding carboxylic acids is 1. The van der Waals surface area contributed by atoms with E-state index in [2.05, 4.69) is 18.5 Å². The van der Waals surface area contributed by atoms with Gasteiger partial charge < -0.3 is 4.90 Å². The van der Waals surface area contributed by atoms with Gasteiger partial charge in [0.25, 0.3) is 0 Å². The van der Waals surface area contributed by atoms with Crippen LogP contribution in [0.15, 0.2) is 12.7 Å². The molecular weight excluding hydrogens is 176 g/mol. The van der Waals surface area contributed by atoms with Crippen molar-refractivity contribution < 1.29 is 4.79 Å². The molecule has 3 heteroatoms. The van der Waals surface area contributed by atoms with E-state index in [1.807, 2.05) is 4.90 Å². The van der Waals surface area contributed by atoms with Crippen LogP contribution >= 0.6 is 0 Å². The topological polar surface area (TPSA) is 23.6 Å². The van der Waals surface area contributed by atoms with Crippen LogP contribution < -0.4 is 0 Å². The Labute approximate surface area is 85.4 Å². The van der Waals surface area contributed by atoms with Crippen molar-refractivity contribution in [2.75, 3.05) is 20.1 Å². The van der Waals surface area contributed by atoms with Gasteiger partial charge in [-0.05, 0) is 32.4 Å². The highest BCUT2D eigenvalue weighted by molar-refractivity contribution is 5.87. The van der Waals surface area contributed by atoms with Crippen LogP contribution in [0.4, 0.5) is 0 Å². The summed E-state index contributed by atoms with van der Waals surface area (Å²) in [5.41, 5.74) is 0. The lowest BCUT2D eigenvalue weighted by molar-refractivity contribution is -0.126. The Bertz CT molecular complexity index is 252. The van der Waals surface area contributed by atoms with Crippen LogP contribution in [0, 0.1) is 0 Å². The number of hydrogen-bond donors (Lipinski definition) is 0. The molecule has 2 bridgehead atoms. The summed E-state index contributed by atoms with van der Waals surface area (Å²) in [5.74, 6) is 0.0888. The van der Waals surface area contributed by atoms with Crippen LogP contribution in [-0.4, -0.2) is 47.9 Å². The Kier molecular flexibility index (Phi) is 2.59. The number of carbonyl (C=O) groups is 1. The van der Waals surface area contributed by atoms with E-state index in [1.54, 1.807) is 0 Å². The molecule has 2 heterocycles. The van der Waals surface area contributed by atoms with Crippen LogP contribution in [0.1, 0.15) is 19.3 Å². The molecule has 2 atom stereocenters. The first kappa shape index (κ1) is 9.71. The van der Waals surface area contributed by atoms with E-state index in [9.17, 15) is 4.79 Å². The third-order valence-electron chi connectivity index (χ3n) is 3.63. The maximum atomic E-state index is 11.5. The van der Waals surface area contributed by atoms with E-state index in [4.69, 9.17) is 0 Å². The van der Waals surface area contributed by atoms with E-state index in [0.717, 1.165) is 19.5 Å². The number of likely N-dealkylation sites (N-methyl/N-ethyl adjacent to an activating group) is 1. The maximum absolute atomic E-state index is 11.5. The molecule has 3 nitrogen and oxygen atoms in total. The van der Waals surface area contributed by atoms with Gasteiger partial charge >= 0.3 is 0 Å². The predicted octanol–water partition coefficient (Wildman–Crippen LogP) is 0.867. The lowest BCUT2D eigenvalue weighted by Gasteiger charge is -2.24. The molecule has 0 aromatic rings. The molecule has 14 heavy (non-hydrogen) atoms. The van der Waals surface area contributed by atoms with Crippen LogP contribution in [0.25, 0.3) is 0 Å². The van der Waals surface area contributed by atoms with Gasteiger partial charge in [-0.1, -0.05) is 6.58 Å². The minimum atomic E-state index is 0.0888. The maximum Gasteiger partial charge on any atom is 0.246 e. The van der Waals surface area contributed by atoms with Crippen LogP contribution in [0.2, 0.25) is 0 Å². The van der Waals surface area contributed by atoms with Gasteiger partial charge in [0.05, 0.1) is 0 Å². The lowest BCUT2D eigenvalue weighted by Crippen LogP contribution is -2.38. The lowest BCUT2D eigenvalue weighted by atomic mass is 10.1. The summed E-state index contributed by atoms with van der Waals surface area (Å²) in [6.45, 7) is 5.33. The van der Waals surface area contributed by atoms with E-state index < -0.39 is 0 Å². The van der Waals surface area contributed by atoms with Gasteiger partial charge in [0.2, 0.25) is 5.91 Å². The Hall–Kier alpha value is -0.830. The first-order valence-electron chi connectivity index (χ1n) is 5.35. The second-order valence-electron chi connectivity index (χ2n) is 4.33. The molecule has 0 N–H and O–H groups in total. The number of nitrogens with zero attached hydrogens (tertiary/aromatic N) is 2. The van der Waals surface area contributed by atoms with Crippen LogP contribution in [0.3, 0.4) is 0 Å². The first-order valence-corrected chi connectivity index (χ1v) is 5.35. The van der Waals surface area contributed by atoms with Crippen LogP contribution in [0.5, 0.6) is 0 Å². The number of amides is 1. The Morgan fingerprint density at radius 2 is 2.07 bits per heavy atom. The van der Waals surface area contributed by atoms with Gasteiger partial charge in [0, 0.05) is 25.2 Å². The SMILES string of the molecule is C=CC(=O)N1CCC2CCC(C1)N2C. The van der Waals surface area contributed by atoms with E-state index in [-0.39, 0.29) is 5.91 Å². The number of rotatable bonds is 1. The Morgan fingerprint density at radius 1 is 1.36 bits per heavy atom. The summed E-state index contributed by atoms with van der Waals surface area (Å²) in [6.07, 6.45) is 5.09. The fourth-order valence-electron chi connectivity index (χ4n) is 2.64. The molecule has 0 aromatic carbocycles. The molecule has 0 radical (unpaired) electrons. The zero-order chi connectivity index (χ0) is 10.1. The molecule has 78 valence electrons. The summed E-state index contributed by atoms with van der Waals surface area (Å²) in [4.78, 5) is 15.9. The molecule has 1 amide bonds. The van der Waals surface area contributed by atoms with Crippen molar-refractivity contribution in [3.8, 4) is 0 Å². The normalized spacial score (nSPS) is 32.8. The minimum absolute atomic E-state index is 0.0888. The molecule has 0 aromatic heterocycles. The Balaban J connectivity index is 2.06. The Morgan fingerprint density at radius 3 is 2.79 bits per heavy atom. The molecule has 0 spiro atoms. The summed E-state index contributed by atoms with van der Waals surface area (Å²) < 4.78 is 0. The fourth-order valence-corrected chi connectivity index (χ4v) is 2.64. The fraction of sp³-hybridized carbons (Fsp3) is 0.727. The molecule has 2 saturated heterocycles. The van der Waals surface area contributed by atoms with Crippen molar-refractivity contribution in [3.63, 3.8) is 0 Å². The molecular formula is C11H18N2O. The van der Waals surface area contributed by atoms with E-state index in [0.29, 0.717) is 12.1 Å². The minimum Gasteiger partial charge on any atom is -0.338 e. The van der Waals surface area contributed by atoms with Gasteiger partial charge in [-0.3, -0.25) is 9.69 Å². The smallest absolute Gasteiger partial charge is 0.246 e. The summed E-state index contributed by atoms with van der Waals surface area (Å²) in [5, 5.41) is 0. The highest BCUT2D eigenvalue weighted by Crippen LogP contribution is 2.28. The van der Waals surface area contributed by atoms with Gasteiger partial charge in [0.15, 0.2) is 0 Å². The second-order valence-corrected chi connectivity index (χ2v) is 4.33. The highest BCUT2D eigenvalue weighted by Gasteiger charge is 2.35. The molecule has 2 unspecified atom stereocenters. The predicted molar refractivity (Wildman–Crippen MR) is 56.0 cm³/mol. The van der Waals surface area contributed by atoms with Gasteiger partial charge in [-0.2, -0.15) is 0 Å². The first-order chi connectivity index (χ1) is 6.72. The standard InChI is InChI=1S/C11H18N2O/c1-3-11(14)13-7-6-9-4-5-10(8-13)12(9)2/h3,9-10H,1,4-8H2,2H3. The van der Waals surface area contributed by atoms with Crippen molar-refractivity contribution in [1.29, 1.82) is 0 Å². The molecule has 0 aliphatic carbocycles. The van der Waals surface area contributed by atoms with E-state index in [1.165, 1.54) is 18.9 Å². The average molecular weight is 194 g/mol.